The molecule has 1 heterocycles. The Balaban J connectivity index is 3.68. The van der Waals surface area contributed by atoms with Crippen molar-refractivity contribution in [3.63, 3.8) is 0 Å². The van der Waals surface area contributed by atoms with E-state index < -0.39 is 11.4 Å². The molecule has 1 aromatic rings. The van der Waals surface area contributed by atoms with Crippen LogP contribution in [0, 0.1) is 0 Å². The van der Waals surface area contributed by atoms with Crippen LogP contribution in [0.5, 0.6) is 0 Å². The molecule has 6 nitrogen and oxygen atoms in total. The molecule has 1 aromatic heterocycles. The van der Waals surface area contributed by atoms with Gasteiger partial charge in [0.25, 0.3) is 0 Å². The summed E-state index contributed by atoms with van der Waals surface area (Å²) in [6.45, 7) is 0. The first-order valence-corrected chi connectivity index (χ1v) is 2.26. The van der Waals surface area contributed by atoms with Crippen LogP contribution >= 0.6 is 0 Å². The summed E-state index contributed by atoms with van der Waals surface area (Å²) < 4.78 is 1.50. The van der Waals surface area contributed by atoms with Crippen LogP contribution in [0.15, 0.2) is 9.59 Å². The Morgan fingerprint density at radius 2 is 2.11 bits per heavy atom. The average molecular weight is 130 g/mol. The number of hydrogen-bond donors (Lipinski definition) is 2. The van der Waals surface area contributed by atoms with Crippen LogP contribution in [-0.4, -0.2) is 14.5 Å². The molecule has 0 saturated carbocycles. The van der Waals surface area contributed by atoms with Crippen molar-refractivity contribution in [3.05, 3.63) is 21.0 Å². The van der Waals surface area contributed by atoms with Gasteiger partial charge in [0, 0.05) is 7.05 Å². The Morgan fingerprint density at radius 1 is 1.56 bits per heavy atom. The molecule has 1 rings (SSSR count). The maximum Gasteiger partial charge on any atom is 0.365 e. The molecule has 0 bridgehead atoms. The molecular weight excluding hydrogens is 124 g/mol. The van der Waals surface area contributed by atoms with Crippen molar-refractivity contribution in [2.45, 2.75) is 0 Å². The Kier molecular flexibility index (Phi) is 0.950. The van der Waals surface area contributed by atoms with E-state index in [1.165, 1.54) is 7.05 Å². The van der Waals surface area contributed by atoms with Gasteiger partial charge < -0.3 is 5.84 Å². The number of aryl methyl sites for hydroxylation is 1. The summed E-state index contributed by atoms with van der Waals surface area (Å²) in [5.41, 5.74) is -1.16. The summed E-state index contributed by atoms with van der Waals surface area (Å²) in [6, 6.07) is 0. The molecule has 3 N–H and O–H groups in total. The summed E-state index contributed by atoms with van der Waals surface area (Å²) in [6.07, 6.45) is 0. The summed E-state index contributed by atoms with van der Waals surface area (Å²) in [7, 11) is 1.41. The maximum atomic E-state index is 10.6. The molecule has 0 unspecified atom stereocenters. The zero-order chi connectivity index (χ0) is 7.02. The van der Waals surface area contributed by atoms with Crippen molar-refractivity contribution >= 4 is 0 Å². The van der Waals surface area contributed by atoms with Crippen LogP contribution in [0.25, 0.3) is 0 Å². The van der Waals surface area contributed by atoms with Gasteiger partial charge in [0.05, 0.1) is 0 Å². The Hall–Kier alpha value is -1.46. The quantitative estimate of drug-likeness (QED) is 0.383. The zero-order valence-corrected chi connectivity index (χ0v) is 4.79. The van der Waals surface area contributed by atoms with Gasteiger partial charge in [-0.3, -0.25) is 0 Å². The highest BCUT2D eigenvalue weighted by Crippen LogP contribution is 1.51. The predicted molar refractivity (Wildman–Crippen MR) is 30.4 cm³/mol. The van der Waals surface area contributed by atoms with Crippen molar-refractivity contribution < 1.29 is 0 Å². The van der Waals surface area contributed by atoms with Crippen molar-refractivity contribution in [2.24, 2.45) is 7.05 Å². The lowest BCUT2D eigenvalue weighted by Crippen LogP contribution is -2.34. The number of H-pyrrole nitrogens is 1. The summed E-state index contributed by atoms with van der Waals surface area (Å²) >= 11 is 0. The highest BCUT2D eigenvalue weighted by atomic mass is 16.2. The molecule has 0 saturated heterocycles. The third-order valence-electron chi connectivity index (χ3n) is 0.975. The largest absolute Gasteiger partial charge is 0.365 e. The molecule has 9 heavy (non-hydrogen) atoms. The Labute approximate surface area is 49.5 Å². The number of rotatable bonds is 0. The molecule has 6 heteroatoms. The number of nitrogens with two attached hydrogens (primary N) is 1. The Bertz CT molecular complexity index is 315. The van der Waals surface area contributed by atoms with Crippen molar-refractivity contribution in [2.75, 3.05) is 5.84 Å². The van der Waals surface area contributed by atoms with Gasteiger partial charge in [-0.15, -0.1) is 0 Å². The van der Waals surface area contributed by atoms with Crippen LogP contribution < -0.4 is 17.2 Å². The van der Waals surface area contributed by atoms with Gasteiger partial charge in [-0.05, 0) is 0 Å². The SMILES string of the molecule is Cn1[nH]c(=O)n(N)c1=O. The van der Waals surface area contributed by atoms with E-state index in [-0.39, 0.29) is 0 Å². The van der Waals surface area contributed by atoms with Crippen LogP contribution in [-0.2, 0) is 7.05 Å². The van der Waals surface area contributed by atoms with Crippen molar-refractivity contribution in [1.29, 1.82) is 0 Å². The van der Waals surface area contributed by atoms with Crippen molar-refractivity contribution in [1.82, 2.24) is 14.5 Å². The normalized spacial score (nSPS) is 9.89. The first kappa shape index (κ1) is 5.67. The van der Waals surface area contributed by atoms with E-state index in [4.69, 9.17) is 5.84 Å². The van der Waals surface area contributed by atoms with E-state index in [0.717, 1.165) is 4.68 Å². The highest BCUT2D eigenvalue weighted by molar-refractivity contribution is 4.65. The molecule has 0 spiro atoms. The standard InChI is InChI=1S/C3H6N4O2/c1-6-3(9)7(4)2(8)5-6/h4H2,1H3,(H,5,8). The van der Waals surface area contributed by atoms with Gasteiger partial charge in [-0.2, -0.15) is 4.68 Å². The molecule has 0 aromatic carbocycles. The van der Waals surface area contributed by atoms with Crippen LogP contribution in [0.2, 0.25) is 0 Å². The molecule has 0 amide bonds. The topological polar surface area (TPSA) is 85.8 Å². The smallest absolute Gasteiger partial charge is 0.331 e. The van der Waals surface area contributed by atoms with Crippen LogP contribution in [0.3, 0.4) is 0 Å². The lowest BCUT2D eigenvalue weighted by molar-refractivity contribution is 0.720. The van der Waals surface area contributed by atoms with E-state index in [2.05, 4.69) is 5.10 Å². The molecule has 0 aliphatic rings. The van der Waals surface area contributed by atoms with E-state index in [1.54, 1.807) is 0 Å². The fourth-order valence-corrected chi connectivity index (χ4v) is 0.494. The second kappa shape index (κ2) is 1.51. The first-order valence-electron chi connectivity index (χ1n) is 2.26. The van der Waals surface area contributed by atoms with E-state index in [0.29, 0.717) is 4.68 Å². The monoisotopic (exact) mass is 130 g/mol. The zero-order valence-electron chi connectivity index (χ0n) is 4.79. The third kappa shape index (κ3) is 0.638. The fourth-order valence-electron chi connectivity index (χ4n) is 0.494. The minimum Gasteiger partial charge on any atom is -0.331 e. The van der Waals surface area contributed by atoms with E-state index in [9.17, 15) is 9.59 Å². The van der Waals surface area contributed by atoms with Crippen molar-refractivity contribution in [3.8, 4) is 0 Å². The summed E-state index contributed by atoms with van der Waals surface area (Å²) in [5.74, 6) is 4.94. The van der Waals surface area contributed by atoms with Gasteiger partial charge in [0.15, 0.2) is 0 Å². The second-order valence-corrected chi connectivity index (χ2v) is 1.63. The predicted octanol–water partition coefficient (Wildman–Crippen LogP) is -2.41. The molecule has 0 aliphatic carbocycles. The third-order valence-corrected chi connectivity index (χ3v) is 0.975. The van der Waals surface area contributed by atoms with Gasteiger partial charge >= 0.3 is 11.4 Å². The van der Waals surface area contributed by atoms with Crippen LogP contribution in [0.4, 0.5) is 0 Å². The molecule has 50 valence electrons. The van der Waals surface area contributed by atoms with Gasteiger partial charge in [-0.1, -0.05) is 0 Å². The molecule has 0 radical (unpaired) electrons. The fraction of sp³-hybridized carbons (Fsp3) is 0.333. The summed E-state index contributed by atoms with van der Waals surface area (Å²) in [5, 5.41) is 2.16. The molecule has 0 fully saturated rings. The van der Waals surface area contributed by atoms with Crippen LogP contribution in [0.1, 0.15) is 0 Å². The van der Waals surface area contributed by atoms with E-state index >= 15 is 0 Å². The summed E-state index contributed by atoms with van der Waals surface area (Å²) in [4.78, 5) is 21.0. The number of nitrogen functional groups attached to an aromatic ring is 1. The lowest BCUT2D eigenvalue weighted by atomic mass is 11.1. The minimum atomic E-state index is -0.609. The molecular formula is C3H6N4O2. The number of nitrogens with one attached hydrogen (secondary N) is 1. The number of aromatic amines is 1. The molecule has 0 atom stereocenters. The molecule has 0 aliphatic heterocycles. The Morgan fingerprint density at radius 3 is 2.22 bits per heavy atom. The number of nitrogens with zero attached hydrogens (tertiary/aromatic N) is 2. The first-order chi connectivity index (χ1) is 4.13. The van der Waals surface area contributed by atoms with Gasteiger partial charge in [0.2, 0.25) is 0 Å². The average Bonchev–Trinajstić information content (AvgIpc) is 1.98. The van der Waals surface area contributed by atoms with E-state index in [1.807, 2.05) is 0 Å². The maximum absolute atomic E-state index is 10.6. The second-order valence-electron chi connectivity index (χ2n) is 1.63. The number of aromatic nitrogens is 3. The highest BCUT2D eigenvalue weighted by Gasteiger charge is 1.98. The van der Waals surface area contributed by atoms with Gasteiger partial charge in [0.1, 0.15) is 0 Å². The van der Waals surface area contributed by atoms with Gasteiger partial charge in [-0.25, -0.2) is 19.4 Å². The number of hydrogen-bond acceptors (Lipinski definition) is 3. The lowest BCUT2D eigenvalue weighted by Gasteiger charge is -1.80. The minimum absolute atomic E-state index is 0.500.